The molecule has 0 spiro atoms. The van der Waals surface area contributed by atoms with E-state index in [0.29, 0.717) is 12.1 Å². The molecule has 0 saturated carbocycles. The van der Waals surface area contributed by atoms with E-state index in [0.717, 1.165) is 41.4 Å². The Kier molecular flexibility index (Phi) is 4.91. The first-order chi connectivity index (χ1) is 11.2. The molecule has 4 heteroatoms. The zero-order chi connectivity index (χ0) is 16.2. The summed E-state index contributed by atoms with van der Waals surface area (Å²) < 4.78 is 0. The maximum atomic E-state index is 12.3. The van der Waals surface area contributed by atoms with E-state index in [2.05, 4.69) is 15.9 Å². The van der Waals surface area contributed by atoms with E-state index in [-0.39, 0.29) is 0 Å². The fraction of sp³-hybridized carbons (Fsp3) is 0.263. The molecular formula is C19H18BrNO2. The van der Waals surface area contributed by atoms with E-state index in [1.165, 1.54) is 0 Å². The molecule has 0 bridgehead atoms. The van der Waals surface area contributed by atoms with Crippen molar-refractivity contribution in [2.45, 2.75) is 19.3 Å². The molecule has 23 heavy (non-hydrogen) atoms. The van der Waals surface area contributed by atoms with Crippen LogP contribution in [0.2, 0.25) is 0 Å². The molecule has 1 heterocycles. The second-order valence-corrected chi connectivity index (χ2v) is 6.43. The summed E-state index contributed by atoms with van der Waals surface area (Å²) in [5.41, 5.74) is 3.29. The van der Waals surface area contributed by atoms with Crippen LogP contribution in [0.25, 0.3) is 11.1 Å². The van der Waals surface area contributed by atoms with Crippen molar-refractivity contribution in [3.05, 3.63) is 54.1 Å². The summed E-state index contributed by atoms with van der Waals surface area (Å²) in [7, 11) is 0. The Morgan fingerprint density at radius 3 is 2.39 bits per heavy atom. The number of ketones is 1. The van der Waals surface area contributed by atoms with Gasteiger partial charge >= 0.3 is 0 Å². The molecule has 2 aromatic rings. The Bertz CT molecular complexity index is 727. The van der Waals surface area contributed by atoms with Gasteiger partial charge in [0.1, 0.15) is 0 Å². The van der Waals surface area contributed by atoms with Crippen LogP contribution in [0.4, 0.5) is 5.69 Å². The average molecular weight is 372 g/mol. The van der Waals surface area contributed by atoms with Gasteiger partial charge < -0.3 is 4.90 Å². The van der Waals surface area contributed by atoms with Crippen LogP contribution in [0.5, 0.6) is 0 Å². The minimum absolute atomic E-state index is 0.390. The quantitative estimate of drug-likeness (QED) is 0.427. The number of halogens is 1. The van der Waals surface area contributed by atoms with Crippen molar-refractivity contribution in [2.75, 3.05) is 16.8 Å². The fourth-order valence-electron chi connectivity index (χ4n) is 2.87. The lowest BCUT2D eigenvalue weighted by Gasteiger charge is -2.16. The van der Waals surface area contributed by atoms with Gasteiger partial charge in [-0.05, 0) is 36.1 Å². The summed E-state index contributed by atoms with van der Waals surface area (Å²) in [5.74, 6) is -0.790. The van der Waals surface area contributed by atoms with Crippen molar-refractivity contribution in [3.63, 3.8) is 0 Å². The van der Waals surface area contributed by atoms with E-state index in [1.807, 2.05) is 48.5 Å². The third kappa shape index (κ3) is 3.22. The highest BCUT2D eigenvalue weighted by Gasteiger charge is 2.35. The Hall–Kier alpha value is -1.94. The summed E-state index contributed by atoms with van der Waals surface area (Å²) in [6, 6.07) is 15.6. The second kappa shape index (κ2) is 7.09. The number of carbonyl (C=O) groups is 2. The molecule has 0 fully saturated rings. The van der Waals surface area contributed by atoms with Crippen molar-refractivity contribution in [2.24, 2.45) is 0 Å². The van der Waals surface area contributed by atoms with Gasteiger partial charge in [-0.25, -0.2) is 0 Å². The lowest BCUT2D eigenvalue weighted by molar-refractivity contribution is -0.114. The number of alkyl halides is 1. The fourth-order valence-corrected chi connectivity index (χ4v) is 3.27. The van der Waals surface area contributed by atoms with Gasteiger partial charge in [0.05, 0.1) is 11.3 Å². The average Bonchev–Trinajstić information content (AvgIpc) is 2.84. The maximum absolute atomic E-state index is 12.3. The Morgan fingerprint density at radius 1 is 0.870 bits per heavy atom. The predicted molar refractivity (Wildman–Crippen MR) is 96.2 cm³/mol. The van der Waals surface area contributed by atoms with Crippen LogP contribution in [-0.4, -0.2) is 23.6 Å². The number of nitrogens with zero attached hydrogens (tertiary/aromatic N) is 1. The van der Waals surface area contributed by atoms with Crippen molar-refractivity contribution < 1.29 is 9.59 Å². The molecule has 0 aliphatic carbocycles. The largest absolute Gasteiger partial charge is 0.305 e. The van der Waals surface area contributed by atoms with Crippen molar-refractivity contribution in [1.82, 2.24) is 0 Å². The Balaban J connectivity index is 1.85. The zero-order valence-electron chi connectivity index (χ0n) is 12.8. The topological polar surface area (TPSA) is 37.4 Å². The first kappa shape index (κ1) is 15.9. The highest BCUT2D eigenvalue weighted by Crippen LogP contribution is 2.33. The SMILES string of the molecule is O=C1C(=O)N(CCCCCBr)c2ccc(-c3ccccc3)cc21. The van der Waals surface area contributed by atoms with E-state index < -0.39 is 11.7 Å². The number of fused-ring (bicyclic) bond motifs is 1. The molecule has 0 atom stereocenters. The van der Waals surface area contributed by atoms with Crippen molar-refractivity contribution >= 4 is 33.3 Å². The molecule has 1 aliphatic rings. The first-order valence-corrected chi connectivity index (χ1v) is 8.96. The first-order valence-electron chi connectivity index (χ1n) is 7.84. The lowest BCUT2D eigenvalue weighted by Crippen LogP contribution is -2.30. The Morgan fingerprint density at radius 2 is 1.65 bits per heavy atom. The van der Waals surface area contributed by atoms with Crippen molar-refractivity contribution in [1.29, 1.82) is 0 Å². The molecule has 0 aromatic heterocycles. The molecule has 1 amide bonds. The van der Waals surface area contributed by atoms with Crippen LogP contribution in [0, 0.1) is 0 Å². The molecule has 3 nitrogen and oxygen atoms in total. The van der Waals surface area contributed by atoms with Crippen LogP contribution < -0.4 is 4.90 Å². The number of anilines is 1. The van der Waals surface area contributed by atoms with E-state index in [9.17, 15) is 9.59 Å². The molecule has 118 valence electrons. The molecule has 1 aliphatic heterocycles. The van der Waals surface area contributed by atoms with E-state index >= 15 is 0 Å². The molecule has 3 rings (SSSR count). The van der Waals surface area contributed by atoms with E-state index in [1.54, 1.807) is 4.90 Å². The van der Waals surface area contributed by atoms with Gasteiger partial charge in [-0.3, -0.25) is 9.59 Å². The summed E-state index contributed by atoms with van der Waals surface area (Å²) in [6.07, 6.45) is 3.03. The van der Waals surface area contributed by atoms with Gasteiger partial charge in [0.15, 0.2) is 0 Å². The highest BCUT2D eigenvalue weighted by molar-refractivity contribution is 9.09. The van der Waals surface area contributed by atoms with Crippen LogP contribution in [0.3, 0.4) is 0 Å². The number of rotatable bonds is 6. The smallest absolute Gasteiger partial charge is 0.299 e. The van der Waals surface area contributed by atoms with Gasteiger partial charge in [-0.15, -0.1) is 0 Å². The normalized spacial score (nSPS) is 13.5. The van der Waals surface area contributed by atoms with Gasteiger partial charge in [0.25, 0.3) is 11.7 Å². The van der Waals surface area contributed by atoms with Gasteiger partial charge in [-0.1, -0.05) is 58.7 Å². The summed E-state index contributed by atoms with van der Waals surface area (Å²) in [5, 5.41) is 0.969. The standard InChI is InChI=1S/C19H18BrNO2/c20-11-5-2-6-12-21-17-10-9-15(14-7-3-1-4-8-14)13-16(17)18(22)19(21)23/h1,3-4,7-10,13H,2,5-6,11-12H2. The van der Waals surface area contributed by atoms with Gasteiger partial charge in [0.2, 0.25) is 0 Å². The minimum atomic E-state index is -0.399. The number of carbonyl (C=O) groups excluding carboxylic acids is 2. The molecular weight excluding hydrogens is 354 g/mol. The summed E-state index contributed by atoms with van der Waals surface area (Å²) in [4.78, 5) is 26.1. The highest BCUT2D eigenvalue weighted by atomic mass is 79.9. The maximum Gasteiger partial charge on any atom is 0.299 e. The predicted octanol–water partition coefficient (Wildman–Crippen LogP) is 4.45. The molecule has 0 N–H and O–H groups in total. The van der Waals surface area contributed by atoms with Crippen LogP contribution in [0.15, 0.2) is 48.5 Å². The molecule has 2 aromatic carbocycles. The molecule has 0 radical (unpaired) electrons. The number of unbranched alkanes of at least 4 members (excludes halogenated alkanes) is 2. The second-order valence-electron chi connectivity index (χ2n) is 5.63. The molecule has 0 saturated heterocycles. The Labute approximate surface area is 144 Å². The van der Waals surface area contributed by atoms with Crippen LogP contribution >= 0.6 is 15.9 Å². The zero-order valence-corrected chi connectivity index (χ0v) is 14.4. The number of benzene rings is 2. The van der Waals surface area contributed by atoms with Gasteiger partial charge in [0, 0.05) is 11.9 Å². The summed E-state index contributed by atoms with van der Waals surface area (Å²) >= 11 is 3.41. The third-order valence-corrected chi connectivity index (χ3v) is 4.65. The summed E-state index contributed by atoms with van der Waals surface area (Å²) in [6.45, 7) is 0.606. The van der Waals surface area contributed by atoms with Crippen LogP contribution in [0.1, 0.15) is 29.6 Å². The number of hydrogen-bond donors (Lipinski definition) is 0. The van der Waals surface area contributed by atoms with Gasteiger partial charge in [-0.2, -0.15) is 0 Å². The number of amides is 1. The molecule has 0 unspecified atom stereocenters. The van der Waals surface area contributed by atoms with Crippen molar-refractivity contribution in [3.8, 4) is 11.1 Å². The monoisotopic (exact) mass is 371 g/mol. The minimum Gasteiger partial charge on any atom is -0.305 e. The number of hydrogen-bond acceptors (Lipinski definition) is 2. The lowest BCUT2D eigenvalue weighted by atomic mass is 10.0. The van der Waals surface area contributed by atoms with E-state index in [4.69, 9.17) is 0 Å². The number of Topliss-reactive ketones (excluding diaryl/α,β-unsaturated/α-hetero) is 1. The third-order valence-electron chi connectivity index (χ3n) is 4.09. The van der Waals surface area contributed by atoms with Crippen LogP contribution in [-0.2, 0) is 4.79 Å².